The molecule has 0 bridgehead atoms. The fourth-order valence-corrected chi connectivity index (χ4v) is 2.35. The highest BCUT2D eigenvalue weighted by molar-refractivity contribution is 6.35. The largest absolute Gasteiger partial charge is 0.330 e. The molecule has 1 nitrogen and oxygen atoms in total. The Kier molecular flexibility index (Phi) is 4.23. The van der Waals surface area contributed by atoms with Crippen LogP contribution in [-0.2, 0) is 6.42 Å². The Labute approximate surface area is 115 Å². The molecule has 0 atom stereocenters. The third kappa shape index (κ3) is 3.02. The van der Waals surface area contributed by atoms with Crippen LogP contribution >= 0.6 is 23.2 Å². The zero-order valence-electron chi connectivity index (χ0n) is 9.59. The summed E-state index contributed by atoms with van der Waals surface area (Å²) < 4.78 is 13.5. The molecule has 0 saturated heterocycles. The first-order valence-corrected chi connectivity index (χ1v) is 6.30. The van der Waals surface area contributed by atoms with E-state index in [2.05, 4.69) is 0 Å². The van der Waals surface area contributed by atoms with Gasteiger partial charge in [-0.25, -0.2) is 4.39 Å². The number of benzene rings is 2. The van der Waals surface area contributed by atoms with Gasteiger partial charge >= 0.3 is 0 Å². The average molecular weight is 284 g/mol. The van der Waals surface area contributed by atoms with E-state index in [-0.39, 0.29) is 5.82 Å². The molecule has 0 heterocycles. The van der Waals surface area contributed by atoms with Crippen molar-refractivity contribution >= 4 is 23.2 Å². The smallest absolute Gasteiger partial charge is 0.126 e. The van der Waals surface area contributed by atoms with Crippen LogP contribution in [0.5, 0.6) is 0 Å². The molecule has 0 spiro atoms. The first kappa shape index (κ1) is 13.3. The quantitative estimate of drug-likeness (QED) is 0.893. The third-order valence-electron chi connectivity index (χ3n) is 2.66. The molecule has 2 N–H and O–H groups in total. The minimum atomic E-state index is -0.239. The van der Waals surface area contributed by atoms with Crippen LogP contribution in [0.1, 0.15) is 5.56 Å². The van der Waals surface area contributed by atoms with Crippen LogP contribution in [0.4, 0.5) is 4.39 Å². The average Bonchev–Trinajstić information content (AvgIpc) is 2.31. The molecule has 0 saturated carbocycles. The minimum absolute atomic E-state index is 0.239. The molecule has 94 valence electrons. The summed E-state index contributed by atoms with van der Waals surface area (Å²) in [5.74, 6) is -0.239. The van der Waals surface area contributed by atoms with Crippen molar-refractivity contribution in [1.29, 1.82) is 0 Å². The van der Waals surface area contributed by atoms with E-state index in [1.807, 2.05) is 0 Å². The van der Waals surface area contributed by atoms with Gasteiger partial charge in [0.05, 0.1) is 0 Å². The van der Waals surface area contributed by atoms with Crippen LogP contribution < -0.4 is 5.73 Å². The molecule has 18 heavy (non-hydrogen) atoms. The maximum atomic E-state index is 13.5. The molecule has 0 fully saturated rings. The lowest BCUT2D eigenvalue weighted by atomic mass is 10.0. The summed E-state index contributed by atoms with van der Waals surface area (Å²) in [6.45, 7) is 0.413. The maximum Gasteiger partial charge on any atom is 0.126 e. The van der Waals surface area contributed by atoms with Gasteiger partial charge in [0.25, 0.3) is 0 Å². The second-order valence-electron chi connectivity index (χ2n) is 4.00. The lowest BCUT2D eigenvalue weighted by Gasteiger charge is -2.07. The summed E-state index contributed by atoms with van der Waals surface area (Å²) in [5, 5.41) is 1.12. The molecule has 0 unspecified atom stereocenters. The molecule has 4 heteroatoms. The van der Waals surface area contributed by atoms with Crippen molar-refractivity contribution < 1.29 is 4.39 Å². The lowest BCUT2D eigenvalue weighted by molar-refractivity contribution is 0.610. The molecule has 2 aromatic carbocycles. The fraction of sp³-hybridized carbons (Fsp3) is 0.143. The van der Waals surface area contributed by atoms with Gasteiger partial charge in [-0.1, -0.05) is 29.3 Å². The van der Waals surface area contributed by atoms with Gasteiger partial charge in [0, 0.05) is 10.0 Å². The van der Waals surface area contributed by atoms with Crippen LogP contribution in [0.3, 0.4) is 0 Å². The third-order valence-corrected chi connectivity index (χ3v) is 3.09. The SMILES string of the molecule is NCCc1cc(-c2cc(Cl)cc(Cl)c2)ccc1F. The Morgan fingerprint density at radius 2 is 1.61 bits per heavy atom. The highest BCUT2D eigenvalue weighted by Gasteiger charge is 2.06. The topological polar surface area (TPSA) is 26.0 Å². The second kappa shape index (κ2) is 5.70. The van der Waals surface area contributed by atoms with Crippen molar-refractivity contribution in [2.75, 3.05) is 6.54 Å². The summed E-state index contributed by atoms with van der Waals surface area (Å²) in [4.78, 5) is 0. The molecule has 0 aliphatic heterocycles. The van der Waals surface area contributed by atoms with Crippen LogP contribution in [-0.4, -0.2) is 6.54 Å². The number of halogens is 3. The van der Waals surface area contributed by atoms with Crippen molar-refractivity contribution in [3.8, 4) is 11.1 Å². The van der Waals surface area contributed by atoms with Gasteiger partial charge in [-0.2, -0.15) is 0 Å². The van der Waals surface area contributed by atoms with Gasteiger partial charge < -0.3 is 5.73 Å². The van der Waals surface area contributed by atoms with E-state index >= 15 is 0 Å². The monoisotopic (exact) mass is 283 g/mol. The molecular weight excluding hydrogens is 272 g/mol. The lowest BCUT2D eigenvalue weighted by Crippen LogP contribution is -2.04. The Hall–Kier alpha value is -1.09. The van der Waals surface area contributed by atoms with Crippen LogP contribution in [0.15, 0.2) is 36.4 Å². The van der Waals surface area contributed by atoms with E-state index in [4.69, 9.17) is 28.9 Å². The zero-order chi connectivity index (χ0) is 13.1. The Morgan fingerprint density at radius 3 is 2.22 bits per heavy atom. The normalized spacial score (nSPS) is 10.7. The van der Waals surface area contributed by atoms with E-state index in [0.29, 0.717) is 28.6 Å². The van der Waals surface area contributed by atoms with Crippen LogP contribution in [0, 0.1) is 5.82 Å². The summed E-state index contributed by atoms with van der Waals surface area (Å²) in [5.41, 5.74) is 7.81. The standard InChI is InChI=1S/C14H12Cl2FN/c15-12-6-11(7-13(16)8-12)9-1-2-14(17)10(5-9)3-4-18/h1-2,5-8H,3-4,18H2. The highest BCUT2D eigenvalue weighted by Crippen LogP contribution is 2.28. The van der Waals surface area contributed by atoms with Crippen LogP contribution in [0.25, 0.3) is 11.1 Å². The van der Waals surface area contributed by atoms with E-state index in [9.17, 15) is 4.39 Å². The predicted octanol–water partition coefficient (Wildman–Crippen LogP) is 4.30. The summed E-state index contributed by atoms with van der Waals surface area (Å²) in [7, 11) is 0. The fourth-order valence-electron chi connectivity index (χ4n) is 1.82. The molecular formula is C14H12Cl2FN. The Bertz CT molecular complexity index is 549. The summed E-state index contributed by atoms with van der Waals surface area (Å²) in [6, 6.07) is 10.2. The van der Waals surface area contributed by atoms with Crippen molar-refractivity contribution in [2.45, 2.75) is 6.42 Å². The highest BCUT2D eigenvalue weighted by atomic mass is 35.5. The van der Waals surface area contributed by atoms with E-state index in [0.717, 1.165) is 11.1 Å². The molecule has 2 aromatic rings. The van der Waals surface area contributed by atoms with Gasteiger partial charge in [0.15, 0.2) is 0 Å². The van der Waals surface area contributed by atoms with E-state index < -0.39 is 0 Å². The van der Waals surface area contributed by atoms with Crippen molar-refractivity contribution in [3.05, 3.63) is 57.8 Å². The minimum Gasteiger partial charge on any atom is -0.330 e. The van der Waals surface area contributed by atoms with Gasteiger partial charge in [0.2, 0.25) is 0 Å². The number of nitrogens with two attached hydrogens (primary N) is 1. The van der Waals surface area contributed by atoms with Gasteiger partial charge in [-0.3, -0.25) is 0 Å². The second-order valence-corrected chi connectivity index (χ2v) is 4.88. The van der Waals surface area contributed by atoms with Crippen LogP contribution in [0.2, 0.25) is 10.0 Å². The molecule has 0 aliphatic carbocycles. The van der Waals surface area contributed by atoms with Gasteiger partial charge in [-0.05, 0) is 60.0 Å². The number of rotatable bonds is 3. The molecule has 0 aliphatic rings. The molecule has 0 aromatic heterocycles. The predicted molar refractivity (Wildman–Crippen MR) is 74.6 cm³/mol. The molecule has 2 rings (SSSR count). The van der Waals surface area contributed by atoms with Crippen molar-refractivity contribution in [3.63, 3.8) is 0 Å². The first-order valence-electron chi connectivity index (χ1n) is 5.55. The van der Waals surface area contributed by atoms with E-state index in [1.54, 1.807) is 30.3 Å². The number of hydrogen-bond donors (Lipinski definition) is 1. The number of hydrogen-bond acceptors (Lipinski definition) is 1. The summed E-state index contributed by atoms with van der Waals surface area (Å²) >= 11 is 11.9. The molecule has 0 radical (unpaired) electrons. The van der Waals surface area contributed by atoms with Crippen molar-refractivity contribution in [1.82, 2.24) is 0 Å². The molecule has 0 amide bonds. The first-order chi connectivity index (χ1) is 8.60. The van der Waals surface area contributed by atoms with Crippen molar-refractivity contribution in [2.24, 2.45) is 5.73 Å². The Morgan fingerprint density at radius 1 is 0.944 bits per heavy atom. The van der Waals surface area contributed by atoms with E-state index in [1.165, 1.54) is 6.07 Å². The van der Waals surface area contributed by atoms with Gasteiger partial charge in [-0.15, -0.1) is 0 Å². The Balaban J connectivity index is 2.47. The maximum absolute atomic E-state index is 13.5. The zero-order valence-corrected chi connectivity index (χ0v) is 11.1. The summed E-state index contributed by atoms with van der Waals surface area (Å²) in [6.07, 6.45) is 0.508. The van der Waals surface area contributed by atoms with Gasteiger partial charge in [0.1, 0.15) is 5.82 Å².